The lowest BCUT2D eigenvalue weighted by Crippen LogP contribution is -2.15. The van der Waals surface area contributed by atoms with E-state index in [-0.39, 0.29) is 0 Å². The lowest BCUT2D eigenvalue weighted by Gasteiger charge is -2.26. The lowest BCUT2D eigenvalue weighted by atomic mass is 9.79. The Hall–Kier alpha value is -0.780. The SMILES string of the molecule is C=C(CC)C(CC)C1C=CC(CC)=CC1. The highest BCUT2D eigenvalue weighted by atomic mass is 14.2. The summed E-state index contributed by atoms with van der Waals surface area (Å²) in [6, 6.07) is 0. The van der Waals surface area contributed by atoms with Crippen LogP contribution in [0.15, 0.2) is 36.0 Å². The van der Waals surface area contributed by atoms with Gasteiger partial charge in [-0.2, -0.15) is 0 Å². The summed E-state index contributed by atoms with van der Waals surface area (Å²) in [5.41, 5.74) is 2.91. The van der Waals surface area contributed by atoms with Gasteiger partial charge in [-0.05, 0) is 37.5 Å². The number of hydrogen-bond donors (Lipinski definition) is 0. The topological polar surface area (TPSA) is 0 Å². The van der Waals surface area contributed by atoms with Gasteiger partial charge < -0.3 is 0 Å². The molecule has 0 aromatic carbocycles. The fraction of sp³-hybridized carbons (Fsp3) is 0.600. The Labute approximate surface area is 94.8 Å². The van der Waals surface area contributed by atoms with Crippen molar-refractivity contribution in [3.05, 3.63) is 36.0 Å². The maximum Gasteiger partial charge on any atom is -0.0130 e. The van der Waals surface area contributed by atoms with Gasteiger partial charge in [0.2, 0.25) is 0 Å². The van der Waals surface area contributed by atoms with Gasteiger partial charge in [-0.3, -0.25) is 0 Å². The Kier molecular flexibility index (Phi) is 4.87. The zero-order chi connectivity index (χ0) is 11.3. The van der Waals surface area contributed by atoms with Gasteiger partial charge in [-0.15, -0.1) is 0 Å². The van der Waals surface area contributed by atoms with Crippen LogP contribution in [0.2, 0.25) is 0 Å². The third-order valence-electron chi connectivity index (χ3n) is 3.55. The molecule has 84 valence electrons. The molecule has 1 aliphatic rings. The first-order valence-corrected chi connectivity index (χ1v) is 6.27. The van der Waals surface area contributed by atoms with E-state index in [9.17, 15) is 0 Å². The van der Waals surface area contributed by atoms with Gasteiger partial charge in [-0.25, -0.2) is 0 Å². The van der Waals surface area contributed by atoms with Crippen LogP contribution in [0, 0.1) is 11.8 Å². The van der Waals surface area contributed by atoms with E-state index >= 15 is 0 Å². The first kappa shape index (κ1) is 12.3. The molecular weight excluding hydrogens is 180 g/mol. The summed E-state index contributed by atoms with van der Waals surface area (Å²) in [4.78, 5) is 0. The molecule has 0 aromatic rings. The molecule has 0 aromatic heterocycles. The summed E-state index contributed by atoms with van der Waals surface area (Å²) in [7, 11) is 0. The summed E-state index contributed by atoms with van der Waals surface area (Å²) >= 11 is 0. The van der Waals surface area contributed by atoms with Crippen LogP contribution in [0.3, 0.4) is 0 Å². The quantitative estimate of drug-likeness (QED) is 0.559. The van der Waals surface area contributed by atoms with E-state index in [1.165, 1.54) is 24.0 Å². The molecule has 2 unspecified atom stereocenters. The van der Waals surface area contributed by atoms with E-state index in [1.54, 1.807) is 0 Å². The van der Waals surface area contributed by atoms with Crippen LogP contribution in [0.1, 0.15) is 46.5 Å². The van der Waals surface area contributed by atoms with Crippen molar-refractivity contribution in [1.82, 2.24) is 0 Å². The molecule has 0 radical (unpaired) electrons. The molecule has 0 N–H and O–H groups in total. The molecule has 1 aliphatic carbocycles. The van der Waals surface area contributed by atoms with Crippen molar-refractivity contribution in [2.24, 2.45) is 11.8 Å². The van der Waals surface area contributed by atoms with Crippen LogP contribution in [-0.2, 0) is 0 Å². The van der Waals surface area contributed by atoms with Gasteiger partial charge in [0.1, 0.15) is 0 Å². The molecule has 15 heavy (non-hydrogen) atoms. The van der Waals surface area contributed by atoms with Gasteiger partial charge >= 0.3 is 0 Å². The largest absolute Gasteiger partial charge is 0.0996 e. The standard InChI is InChI=1S/C15H24/c1-5-12(4)15(7-3)14-10-8-13(6-2)9-11-14/h8-10,14-15H,4-7,11H2,1-3H3. The van der Waals surface area contributed by atoms with Crippen LogP contribution >= 0.6 is 0 Å². The number of hydrogen-bond acceptors (Lipinski definition) is 0. The summed E-state index contributed by atoms with van der Waals surface area (Å²) < 4.78 is 0. The first-order valence-electron chi connectivity index (χ1n) is 6.27. The average molecular weight is 204 g/mol. The Bertz CT molecular complexity index is 268. The van der Waals surface area contributed by atoms with Crippen molar-refractivity contribution in [1.29, 1.82) is 0 Å². The van der Waals surface area contributed by atoms with E-state index in [0.29, 0.717) is 11.8 Å². The smallest absolute Gasteiger partial charge is 0.0130 e. The summed E-state index contributed by atoms with van der Waals surface area (Å²) in [5.74, 6) is 1.37. The van der Waals surface area contributed by atoms with Crippen LogP contribution in [-0.4, -0.2) is 0 Å². The number of allylic oxidation sites excluding steroid dienone is 5. The summed E-state index contributed by atoms with van der Waals surface area (Å²) in [6.07, 6.45) is 11.8. The number of rotatable bonds is 5. The third kappa shape index (κ3) is 3.09. The lowest BCUT2D eigenvalue weighted by molar-refractivity contribution is 0.431. The molecule has 1 rings (SSSR count). The molecule has 0 heterocycles. The highest BCUT2D eigenvalue weighted by molar-refractivity contribution is 5.25. The predicted octanol–water partition coefficient (Wildman–Crippen LogP) is 4.89. The van der Waals surface area contributed by atoms with Crippen molar-refractivity contribution in [3.63, 3.8) is 0 Å². The normalized spacial score (nSPS) is 22.3. The second-order valence-corrected chi connectivity index (χ2v) is 4.42. The Morgan fingerprint density at radius 1 is 1.47 bits per heavy atom. The molecule has 0 saturated heterocycles. The van der Waals surface area contributed by atoms with E-state index < -0.39 is 0 Å². The Morgan fingerprint density at radius 2 is 2.20 bits per heavy atom. The average Bonchev–Trinajstić information content (AvgIpc) is 2.30. The monoisotopic (exact) mass is 204 g/mol. The zero-order valence-electron chi connectivity index (χ0n) is 10.4. The third-order valence-corrected chi connectivity index (χ3v) is 3.55. The highest BCUT2D eigenvalue weighted by Gasteiger charge is 2.20. The second kappa shape index (κ2) is 5.95. The van der Waals surface area contributed by atoms with Crippen LogP contribution in [0.25, 0.3) is 0 Å². The fourth-order valence-electron chi connectivity index (χ4n) is 2.40. The summed E-state index contributed by atoms with van der Waals surface area (Å²) in [6.45, 7) is 10.9. The van der Waals surface area contributed by atoms with Gasteiger partial charge in [-0.1, -0.05) is 56.7 Å². The molecule has 0 aliphatic heterocycles. The molecule has 0 bridgehead atoms. The van der Waals surface area contributed by atoms with Gasteiger partial charge in [0.15, 0.2) is 0 Å². The maximum absolute atomic E-state index is 4.20. The van der Waals surface area contributed by atoms with E-state index in [1.807, 2.05) is 0 Å². The predicted molar refractivity (Wildman–Crippen MR) is 68.8 cm³/mol. The Morgan fingerprint density at radius 3 is 2.60 bits per heavy atom. The second-order valence-electron chi connectivity index (χ2n) is 4.42. The fourth-order valence-corrected chi connectivity index (χ4v) is 2.40. The molecule has 0 spiro atoms. The van der Waals surface area contributed by atoms with Gasteiger partial charge in [0.25, 0.3) is 0 Å². The van der Waals surface area contributed by atoms with Crippen molar-refractivity contribution < 1.29 is 0 Å². The molecule has 2 atom stereocenters. The molecule has 0 fully saturated rings. The first-order chi connectivity index (χ1) is 7.22. The van der Waals surface area contributed by atoms with Crippen molar-refractivity contribution in [2.45, 2.75) is 46.5 Å². The van der Waals surface area contributed by atoms with E-state index in [0.717, 1.165) is 12.8 Å². The molecule has 0 saturated carbocycles. The van der Waals surface area contributed by atoms with E-state index in [2.05, 4.69) is 45.6 Å². The minimum Gasteiger partial charge on any atom is -0.0996 e. The molecule has 0 nitrogen and oxygen atoms in total. The highest BCUT2D eigenvalue weighted by Crippen LogP contribution is 2.32. The zero-order valence-corrected chi connectivity index (χ0v) is 10.4. The van der Waals surface area contributed by atoms with Crippen LogP contribution in [0.4, 0.5) is 0 Å². The van der Waals surface area contributed by atoms with Gasteiger partial charge in [0.05, 0.1) is 0 Å². The summed E-state index contributed by atoms with van der Waals surface area (Å²) in [5, 5.41) is 0. The van der Waals surface area contributed by atoms with Crippen LogP contribution in [0.5, 0.6) is 0 Å². The minimum absolute atomic E-state index is 0.681. The van der Waals surface area contributed by atoms with Gasteiger partial charge in [0, 0.05) is 0 Å². The molecular formula is C15H24. The minimum atomic E-state index is 0.681. The van der Waals surface area contributed by atoms with Crippen molar-refractivity contribution in [2.75, 3.05) is 0 Å². The van der Waals surface area contributed by atoms with E-state index in [4.69, 9.17) is 0 Å². The van der Waals surface area contributed by atoms with Crippen LogP contribution < -0.4 is 0 Å². The molecule has 0 heteroatoms. The van der Waals surface area contributed by atoms with Crippen molar-refractivity contribution in [3.8, 4) is 0 Å². The van der Waals surface area contributed by atoms with Crippen molar-refractivity contribution >= 4 is 0 Å². The Balaban J connectivity index is 2.63. The molecule has 0 amide bonds. The maximum atomic E-state index is 4.20.